The molecule has 0 aromatic heterocycles. The average Bonchev–Trinajstić information content (AvgIpc) is 3.05. The molecule has 0 radical (unpaired) electrons. The lowest BCUT2D eigenvalue weighted by Crippen LogP contribution is -2.50. The minimum Gasteiger partial charge on any atom is -0.338 e. The molecule has 6 heteroatoms. The van der Waals surface area contributed by atoms with Crippen LogP contribution in [0, 0.1) is 5.41 Å². The van der Waals surface area contributed by atoms with Crippen LogP contribution in [0.25, 0.3) is 0 Å². The number of hydrogen-bond acceptors (Lipinski definition) is 3. The molecule has 0 saturated carbocycles. The predicted molar refractivity (Wildman–Crippen MR) is 108 cm³/mol. The second-order valence-electron chi connectivity index (χ2n) is 8.68. The molecule has 1 spiro atoms. The lowest BCUT2D eigenvalue weighted by molar-refractivity contribution is -0.146. The number of carbonyl (C=O) groups excluding carboxylic acids is 1. The minimum atomic E-state index is -3.30. The van der Waals surface area contributed by atoms with Crippen molar-refractivity contribution < 1.29 is 13.2 Å². The molecule has 2 fully saturated rings. The molecule has 0 aliphatic carbocycles. The molecule has 3 rings (SSSR count). The van der Waals surface area contributed by atoms with Crippen molar-refractivity contribution in [2.24, 2.45) is 5.41 Å². The van der Waals surface area contributed by atoms with E-state index < -0.39 is 20.7 Å². The number of sulfonamides is 1. The Balaban J connectivity index is 1.73. The largest absolute Gasteiger partial charge is 0.338 e. The molecule has 27 heavy (non-hydrogen) atoms. The third-order valence-corrected chi connectivity index (χ3v) is 8.34. The minimum absolute atomic E-state index is 0.128. The van der Waals surface area contributed by atoms with Crippen molar-refractivity contribution in [3.63, 3.8) is 0 Å². The van der Waals surface area contributed by atoms with Crippen molar-refractivity contribution in [2.75, 3.05) is 19.6 Å². The van der Waals surface area contributed by atoms with Crippen LogP contribution in [0.2, 0.25) is 0 Å². The van der Waals surface area contributed by atoms with Crippen LogP contribution in [-0.2, 0) is 21.4 Å². The zero-order valence-corrected chi connectivity index (χ0v) is 17.8. The second-order valence-corrected chi connectivity index (χ2v) is 11.2. The van der Waals surface area contributed by atoms with E-state index in [1.54, 1.807) is 13.8 Å². The molecular formula is C21H32N2O3S. The van der Waals surface area contributed by atoms with Gasteiger partial charge in [0, 0.05) is 26.2 Å². The van der Waals surface area contributed by atoms with E-state index >= 15 is 0 Å². The number of rotatable bonds is 5. The highest BCUT2D eigenvalue weighted by Crippen LogP contribution is 2.41. The molecule has 2 aliphatic heterocycles. The molecule has 2 aliphatic rings. The average molecular weight is 393 g/mol. The topological polar surface area (TPSA) is 57.7 Å². The Morgan fingerprint density at radius 1 is 1.04 bits per heavy atom. The van der Waals surface area contributed by atoms with Gasteiger partial charge in [0.2, 0.25) is 15.9 Å². The van der Waals surface area contributed by atoms with Gasteiger partial charge in [0.25, 0.3) is 0 Å². The Morgan fingerprint density at radius 3 is 2.30 bits per heavy atom. The van der Waals surface area contributed by atoms with Gasteiger partial charge in [-0.05, 0) is 50.2 Å². The second kappa shape index (κ2) is 7.55. The third-order valence-electron chi connectivity index (χ3n) is 6.12. The van der Waals surface area contributed by atoms with E-state index in [9.17, 15) is 13.2 Å². The summed E-state index contributed by atoms with van der Waals surface area (Å²) in [5.74, 6) is 0.620. The SMILES string of the molecule is CC(C)c1ccc(CN2CCCC3(CCN(S(=O)(=O)C(C)C)C3)C2=O)cc1. The van der Waals surface area contributed by atoms with Crippen LogP contribution < -0.4 is 0 Å². The Morgan fingerprint density at radius 2 is 1.70 bits per heavy atom. The van der Waals surface area contributed by atoms with Crippen molar-refractivity contribution in [3.8, 4) is 0 Å². The van der Waals surface area contributed by atoms with Gasteiger partial charge in [0.15, 0.2) is 0 Å². The highest BCUT2D eigenvalue weighted by Gasteiger charge is 2.51. The van der Waals surface area contributed by atoms with E-state index in [0.29, 0.717) is 32.0 Å². The van der Waals surface area contributed by atoms with Crippen molar-refractivity contribution >= 4 is 15.9 Å². The van der Waals surface area contributed by atoms with Gasteiger partial charge in [0.1, 0.15) is 0 Å². The van der Waals surface area contributed by atoms with Gasteiger partial charge >= 0.3 is 0 Å². The fourth-order valence-corrected chi connectivity index (χ4v) is 5.63. The number of carbonyl (C=O) groups is 1. The Labute approximate surface area is 163 Å². The van der Waals surface area contributed by atoms with Crippen LogP contribution in [0.4, 0.5) is 0 Å². The Bertz CT molecular complexity index is 786. The van der Waals surface area contributed by atoms with Crippen LogP contribution in [0.3, 0.4) is 0 Å². The molecule has 0 N–H and O–H groups in total. The van der Waals surface area contributed by atoms with Crippen LogP contribution in [0.15, 0.2) is 24.3 Å². The van der Waals surface area contributed by atoms with Gasteiger partial charge in [0.05, 0.1) is 10.7 Å². The number of piperidine rings is 1. The molecule has 150 valence electrons. The van der Waals surface area contributed by atoms with E-state index in [2.05, 4.69) is 38.1 Å². The van der Waals surface area contributed by atoms with Crippen molar-refractivity contribution in [3.05, 3.63) is 35.4 Å². The maximum atomic E-state index is 13.3. The van der Waals surface area contributed by atoms with Gasteiger partial charge in [-0.2, -0.15) is 0 Å². The standard InChI is InChI=1S/C21H32N2O3S/c1-16(2)19-8-6-18(7-9-19)14-22-12-5-10-21(20(22)24)11-13-23(15-21)27(25,26)17(3)4/h6-9,16-17H,5,10-15H2,1-4H3. The first-order valence-corrected chi connectivity index (χ1v) is 11.5. The zero-order valence-electron chi connectivity index (χ0n) is 16.9. The normalized spacial score (nSPS) is 24.5. The van der Waals surface area contributed by atoms with Gasteiger partial charge in [-0.25, -0.2) is 12.7 Å². The molecule has 5 nitrogen and oxygen atoms in total. The number of benzene rings is 1. The summed E-state index contributed by atoms with van der Waals surface area (Å²) in [6.45, 7) is 9.91. The summed E-state index contributed by atoms with van der Waals surface area (Å²) in [7, 11) is -3.30. The van der Waals surface area contributed by atoms with E-state index in [1.807, 2.05) is 4.90 Å². The van der Waals surface area contributed by atoms with Crippen molar-refractivity contribution in [1.29, 1.82) is 0 Å². The van der Waals surface area contributed by atoms with Crippen LogP contribution >= 0.6 is 0 Å². The summed E-state index contributed by atoms with van der Waals surface area (Å²) < 4.78 is 26.6. The fraction of sp³-hybridized carbons (Fsp3) is 0.667. The van der Waals surface area contributed by atoms with Gasteiger partial charge < -0.3 is 4.90 Å². The zero-order chi connectivity index (χ0) is 19.8. The fourth-order valence-electron chi connectivity index (χ4n) is 4.26. The number of nitrogens with zero attached hydrogens (tertiary/aromatic N) is 2. The summed E-state index contributed by atoms with van der Waals surface area (Å²) in [6, 6.07) is 8.48. The number of likely N-dealkylation sites (tertiary alicyclic amines) is 1. The van der Waals surface area contributed by atoms with E-state index in [1.165, 1.54) is 9.87 Å². The maximum Gasteiger partial charge on any atom is 0.230 e. The van der Waals surface area contributed by atoms with Gasteiger partial charge in [-0.3, -0.25) is 4.79 Å². The summed E-state index contributed by atoms with van der Waals surface area (Å²) in [4.78, 5) is 15.2. The lowest BCUT2D eigenvalue weighted by atomic mass is 9.78. The van der Waals surface area contributed by atoms with E-state index in [4.69, 9.17) is 0 Å². The summed E-state index contributed by atoms with van der Waals surface area (Å²) in [6.07, 6.45) is 2.37. The molecule has 2 heterocycles. The summed E-state index contributed by atoms with van der Waals surface area (Å²) in [5, 5.41) is -0.443. The first-order valence-electron chi connectivity index (χ1n) is 10.0. The van der Waals surface area contributed by atoms with Gasteiger partial charge in [-0.15, -0.1) is 0 Å². The molecule has 2 saturated heterocycles. The maximum absolute atomic E-state index is 13.3. The molecular weight excluding hydrogens is 360 g/mol. The summed E-state index contributed by atoms with van der Waals surface area (Å²) in [5.41, 5.74) is 1.90. The van der Waals surface area contributed by atoms with Crippen molar-refractivity contribution in [1.82, 2.24) is 9.21 Å². The lowest BCUT2D eigenvalue weighted by Gasteiger charge is -2.39. The first kappa shape index (κ1) is 20.3. The van der Waals surface area contributed by atoms with E-state index in [0.717, 1.165) is 24.9 Å². The number of amides is 1. The molecule has 1 aromatic rings. The van der Waals surface area contributed by atoms with Crippen molar-refractivity contribution in [2.45, 2.75) is 64.7 Å². The highest BCUT2D eigenvalue weighted by molar-refractivity contribution is 7.89. The van der Waals surface area contributed by atoms with Crippen LogP contribution in [0.5, 0.6) is 0 Å². The molecule has 0 bridgehead atoms. The summed E-state index contributed by atoms with van der Waals surface area (Å²) >= 11 is 0. The first-order chi connectivity index (χ1) is 12.7. The van der Waals surface area contributed by atoms with Crippen LogP contribution in [0.1, 0.15) is 64.0 Å². The third kappa shape index (κ3) is 3.92. The van der Waals surface area contributed by atoms with E-state index in [-0.39, 0.29) is 5.91 Å². The van der Waals surface area contributed by atoms with Gasteiger partial charge in [-0.1, -0.05) is 38.1 Å². The molecule has 1 amide bonds. The Hall–Kier alpha value is -1.40. The predicted octanol–water partition coefficient (Wildman–Crippen LogP) is 3.36. The molecule has 1 aromatic carbocycles. The highest BCUT2D eigenvalue weighted by atomic mass is 32.2. The monoisotopic (exact) mass is 392 g/mol. The number of hydrogen-bond donors (Lipinski definition) is 0. The smallest absolute Gasteiger partial charge is 0.230 e. The molecule has 1 atom stereocenters. The Kier molecular flexibility index (Phi) is 5.69. The quantitative estimate of drug-likeness (QED) is 0.772. The molecule has 1 unspecified atom stereocenters. The van der Waals surface area contributed by atoms with Crippen LogP contribution in [-0.4, -0.2) is 48.4 Å².